The van der Waals surface area contributed by atoms with Crippen LogP contribution in [0.15, 0.2) is 110 Å². The summed E-state index contributed by atoms with van der Waals surface area (Å²) in [5.41, 5.74) is 6.91. The predicted molar refractivity (Wildman–Crippen MR) is 141 cm³/mol. The Morgan fingerprint density at radius 3 is 2.22 bits per heavy atom. The molecule has 0 saturated heterocycles. The standard InChI is InChI=1S/C28H25N3O4S/c1-2-25(23-13-12-21-8-6-7-9-22(21)18-23)36(34,35)28(26(29)32,19-20-14-16-30-17-15-20)27(33)31-24-10-4-3-5-11-24/h2-18,25H,1,19H2,(H2,29,32)(H,31,33). The van der Waals surface area contributed by atoms with Gasteiger partial charge in [0.1, 0.15) is 5.25 Å². The molecule has 0 fully saturated rings. The van der Waals surface area contributed by atoms with Crippen molar-refractivity contribution in [3.8, 4) is 0 Å². The van der Waals surface area contributed by atoms with Crippen molar-refractivity contribution in [3.05, 3.63) is 121 Å². The molecule has 3 aromatic carbocycles. The molecule has 7 nitrogen and oxygen atoms in total. The van der Waals surface area contributed by atoms with E-state index in [0.29, 0.717) is 16.8 Å². The lowest BCUT2D eigenvalue weighted by Crippen LogP contribution is -2.61. The lowest BCUT2D eigenvalue weighted by molar-refractivity contribution is -0.128. The Bertz CT molecular complexity index is 1520. The quantitative estimate of drug-likeness (QED) is 0.267. The first kappa shape index (κ1) is 24.8. The highest BCUT2D eigenvalue weighted by Gasteiger charge is 2.58. The first-order valence-corrected chi connectivity index (χ1v) is 12.7. The van der Waals surface area contributed by atoms with Crippen molar-refractivity contribution in [2.75, 3.05) is 5.32 Å². The van der Waals surface area contributed by atoms with Crippen LogP contribution in [0.25, 0.3) is 10.8 Å². The number of carbonyl (C=O) groups is 2. The van der Waals surface area contributed by atoms with Crippen LogP contribution < -0.4 is 11.1 Å². The zero-order valence-electron chi connectivity index (χ0n) is 19.4. The third kappa shape index (κ3) is 4.50. The van der Waals surface area contributed by atoms with Crippen molar-refractivity contribution in [3.63, 3.8) is 0 Å². The molecule has 0 spiro atoms. The highest BCUT2D eigenvalue weighted by molar-refractivity contribution is 7.94. The Labute approximate surface area is 209 Å². The summed E-state index contributed by atoms with van der Waals surface area (Å²) in [5, 5.41) is 2.93. The van der Waals surface area contributed by atoms with Crippen LogP contribution in [0.3, 0.4) is 0 Å². The van der Waals surface area contributed by atoms with Gasteiger partial charge in [0.2, 0.25) is 10.7 Å². The number of aromatic nitrogens is 1. The summed E-state index contributed by atoms with van der Waals surface area (Å²) in [6.07, 6.45) is 3.66. The number of fused-ring (bicyclic) bond motifs is 1. The summed E-state index contributed by atoms with van der Waals surface area (Å²) in [5.74, 6) is -2.31. The maximum absolute atomic E-state index is 14.3. The Hall–Kier alpha value is -4.30. The SMILES string of the molecule is C=CC(c1ccc2ccccc2c1)S(=O)(=O)C(Cc1ccncc1)(C(N)=O)C(=O)Nc1ccccc1. The van der Waals surface area contributed by atoms with Crippen LogP contribution in [-0.4, -0.2) is 30.0 Å². The molecule has 0 saturated carbocycles. The number of amides is 2. The molecule has 8 heteroatoms. The van der Waals surface area contributed by atoms with E-state index in [-0.39, 0.29) is 0 Å². The van der Waals surface area contributed by atoms with E-state index >= 15 is 0 Å². The number of nitrogens with two attached hydrogens (primary N) is 1. The fourth-order valence-electron chi connectivity index (χ4n) is 4.23. The minimum absolute atomic E-state index is 0.332. The van der Waals surface area contributed by atoms with Gasteiger partial charge < -0.3 is 11.1 Å². The summed E-state index contributed by atoms with van der Waals surface area (Å²) in [4.78, 5) is 30.8. The summed E-state index contributed by atoms with van der Waals surface area (Å²) in [7, 11) is -4.64. The Morgan fingerprint density at radius 1 is 0.944 bits per heavy atom. The number of para-hydroxylation sites is 1. The van der Waals surface area contributed by atoms with E-state index in [1.807, 2.05) is 24.3 Å². The molecule has 0 aliphatic rings. The molecule has 2 atom stereocenters. The number of nitrogens with one attached hydrogen (secondary N) is 1. The van der Waals surface area contributed by atoms with Crippen molar-refractivity contribution in [2.45, 2.75) is 16.4 Å². The zero-order valence-corrected chi connectivity index (χ0v) is 20.2. The number of rotatable bonds is 9. The molecule has 1 heterocycles. The fraction of sp³-hybridized carbons (Fsp3) is 0.107. The van der Waals surface area contributed by atoms with Gasteiger partial charge in [0.15, 0.2) is 9.84 Å². The normalized spacial score (nSPS) is 13.9. The van der Waals surface area contributed by atoms with Crippen molar-refractivity contribution in [2.24, 2.45) is 5.73 Å². The topological polar surface area (TPSA) is 119 Å². The van der Waals surface area contributed by atoms with E-state index in [0.717, 1.165) is 10.8 Å². The van der Waals surface area contributed by atoms with E-state index in [2.05, 4.69) is 16.9 Å². The summed E-state index contributed by atoms with van der Waals surface area (Å²) < 4.78 is 26.1. The lowest BCUT2D eigenvalue weighted by Gasteiger charge is -2.32. The number of benzene rings is 3. The van der Waals surface area contributed by atoms with E-state index < -0.39 is 38.1 Å². The molecule has 4 aromatic rings. The second kappa shape index (κ2) is 10.1. The minimum Gasteiger partial charge on any atom is -0.368 e. The van der Waals surface area contributed by atoms with Crippen LogP contribution in [-0.2, 0) is 25.8 Å². The van der Waals surface area contributed by atoms with Crippen molar-refractivity contribution < 1.29 is 18.0 Å². The molecular formula is C28H25N3O4S. The van der Waals surface area contributed by atoms with Gasteiger partial charge in [0, 0.05) is 24.5 Å². The van der Waals surface area contributed by atoms with Crippen LogP contribution in [0.2, 0.25) is 0 Å². The predicted octanol–water partition coefficient (Wildman–Crippen LogP) is 3.98. The van der Waals surface area contributed by atoms with Gasteiger partial charge in [-0.25, -0.2) is 8.42 Å². The number of hydrogen-bond acceptors (Lipinski definition) is 5. The van der Waals surface area contributed by atoms with Crippen LogP contribution in [0.1, 0.15) is 16.4 Å². The minimum atomic E-state index is -4.64. The fourth-order valence-corrected chi connectivity index (χ4v) is 6.38. The second-order valence-electron chi connectivity index (χ2n) is 8.35. The number of nitrogens with zero attached hydrogens (tertiary/aromatic N) is 1. The average Bonchev–Trinajstić information content (AvgIpc) is 2.88. The smallest absolute Gasteiger partial charge is 0.255 e. The molecule has 36 heavy (non-hydrogen) atoms. The van der Waals surface area contributed by atoms with Gasteiger partial charge in [-0.15, -0.1) is 6.58 Å². The molecular weight excluding hydrogens is 474 g/mol. The van der Waals surface area contributed by atoms with E-state index in [1.54, 1.807) is 60.7 Å². The first-order valence-electron chi connectivity index (χ1n) is 11.2. The van der Waals surface area contributed by atoms with E-state index in [9.17, 15) is 18.0 Å². The molecule has 0 bridgehead atoms. The molecule has 2 unspecified atom stereocenters. The summed E-state index contributed by atoms with van der Waals surface area (Å²) in [6.45, 7) is 3.73. The van der Waals surface area contributed by atoms with Crippen LogP contribution in [0, 0.1) is 0 Å². The zero-order chi connectivity index (χ0) is 25.8. The maximum atomic E-state index is 14.3. The molecule has 0 aliphatic heterocycles. The molecule has 182 valence electrons. The third-order valence-corrected chi connectivity index (χ3v) is 8.77. The summed E-state index contributed by atoms with van der Waals surface area (Å²) >= 11 is 0. The lowest BCUT2D eigenvalue weighted by atomic mass is 9.97. The van der Waals surface area contributed by atoms with Crippen LogP contribution >= 0.6 is 0 Å². The number of sulfone groups is 1. The molecule has 1 aromatic heterocycles. The van der Waals surface area contributed by atoms with Gasteiger partial charge in [-0.3, -0.25) is 14.6 Å². The van der Waals surface area contributed by atoms with Crippen molar-refractivity contribution in [1.82, 2.24) is 4.98 Å². The Kier molecular flexibility index (Phi) is 6.98. The third-order valence-electron chi connectivity index (χ3n) is 6.14. The van der Waals surface area contributed by atoms with E-state index in [1.165, 1.54) is 18.5 Å². The van der Waals surface area contributed by atoms with Gasteiger partial charge >= 0.3 is 0 Å². The number of hydrogen-bond donors (Lipinski definition) is 2. The number of anilines is 1. The van der Waals surface area contributed by atoms with Crippen LogP contribution in [0.4, 0.5) is 5.69 Å². The largest absolute Gasteiger partial charge is 0.368 e. The Balaban J connectivity index is 1.89. The molecule has 0 radical (unpaired) electrons. The van der Waals surface area contributed by atoms with Gasteiger partial charge in [-0.1, -0.05) is 60.7 Å². The monoisotopic (exact) mass is 499 g/mol. The summed E-state index contributed by atoms with van der Waals surface area (Å²) in [6, 6.07) is 24.0. The van der Waals surface area contributed by atoms with E-state index in [4.69, 9.17) is 5.73 Å². The van der Waals surface area contributed by atoms with Crippen LogP contribution in [0.5, 0.6) is 0 Å². The van der Waals surface area contributed by atoms with Gasteiger partial charge in [-0.2, -0.15) is 0 Å². The van der Waals surface area contributed by atoms with Gasteiger partial charge in [-0.05, 0) is 52.2 Å². The number of carbonyl (C=O) groups excluding carboxylic acids is 2. The Morgan fingerprint density at radius 2 is 1.58 bits per heavy atom. The van der Waals surface area contributed by atoms with Crippen molar-refractivity contribution >= 4 is 38.1 Å². The molecule has 2 amide bonds. The average molecular weight is 500 g/mol. The highest BCUT2D eigenvalue weighted by Crippen LogP contribution is 2.37. The molecule has 4 rings (SSSR count). The molecule has 0 aliphatic carbocycles. The van der Waals surface area contributed by atoms with Gasteiger partial charge in [0.05, 0.1) is 0 Å². The first-order chi connectivity index (χ1) is 17.3. The second-order valence-corrected chi connectivity index (χ2v) is 10.6. The number of pyridine rings is 1. The maximum Gasteiger partial charge on any atom is 0.255 e. The highest BCUT2D eigenvalue weighted by atomic mass is 32.2. The number of primary amides is 1. The van der Waals surface area contributed by atoms with Gasteiger partial charge in [0.25, 0.3) is 5.91 Å². The molecule has 3 N–H and O–H groups in total. The van der Waals surface area contributed by atoms with Crippen molar-refractivity contribution in [1.29, 1.82) is 0 Å².